The van der Waals surface area contributed by atoms with E-state index >= 15 is 0 Å². The van der Waals surface area contributed by atoms with E-state index in [1.165, 1.54) is 0 Å². The van der Waals surface area contributed by atoms with E-state index in [1.807, 2.05) is 12.1 Å². The maximum atomic E-state index is 10.9. The maximum absolute atomic E-state index is 10.9. The van der Waals surface area contributed by atoms with Crippen LogP contribution in [0.25, 0.3) is 5.65 Å². The Morgan fingerprint density at radius 1 is 1.16 bits per heavy atom. The van der Waals surface area contributed by atoms with Crippen molar-refractivity contribution in [3.8, 4) is 5.75 Å². The second-order valence-electron chi connectivity index (χ2n) is 4.20. The largest absolute Gasteiger partial charge is 0.508 e. The molecule has 0 bridgehead atoms. The summed E-state index contributed by atoms with van der Waals surface area (Å²) in [4.78, 5) is 10.9. The van der Waals surface area contributed by atoms with Crippen molar-refractivity contribution in [2.24, 2.45) is 0 Å². The first-order valence-electron chi connectivity index (χ1n) is 5.84. The van der Waals surface area contributed by atoms with Crippen molar-refractivity contribution in [3.05, 3.63) is 59.5 Å². The highest BCUT2D eigenvalue weighted by Crippen LogP contribution is 2.19. The first-order chi connectivity index (χ1) is 9.29. The highest BCUT2D eigenvalue weighted by atomic mass is 16.3. The minimum Gasteiger partial charge on any atom is -0.508 e. The smallest absolute Gasteiger partial charge is 0.171 e. The van der Waals surface area contributed by atoms with Crippen LogP contribution in [0.4, 0.5) is 0 Å². The van der Waals surface area contributed by atoms with Crippen molar-refractivity contribution in [1.82, 2.24) is 14.6 Å². The van der Waals surface area contributed by atoms with Crippen LogP contribution in [0.5, 0.6) is 5.75 Å². The zero-order valence-corrected chi connectivity index (χ0v) is 10.0. The third kappa shape index (κ3) is 1.95. The predicted molar refractivity (Wildman–Crippen MR) is 69.3 cm³/mol. The number of aldehydes is 1. The minimum absolute atomic E-state index is 0.228. The molecule has 2 heterocycles. The SMILES string of the molecule is O=Cc1cccn2c(Cc3ccccc3O)nnc12. The summed E-state index contributed by atoms with van der Waals surface area (Å²) >= 11 is 0. The van der Waals surface area contributed by atoms with Crippen LogP contribution >= 0.6 is 0 Å². The van der Waals surface area contributed by atoms with Gasteiger partial charge in [-0.15, -0.1) is 10.2 Å². The lowest BCUT2D eigenvalue weighted by Gasteiger charge is -2.03. The Bertz CT molecular complexity index is 749. The molecule has 0 aliphatic heterocycles. The second kappa shape index (κ2) is 4.53. The third-order valence-corrected chi connectivity index (χ3v) is 3.00. The van der Waals surface area contributed by atoms with Gasteiger partial charge in [0.05, 0.1) is 5.56 Å². The molecule has 0 atom stereocenters. The summed E-state index contributed by atoms with van der Waals surface area (Å²) in [5.41, 5.74) is 1.80. The summed E-state index contributed by atoms with van der Waals surface area (Å²) in [7, 11) is 0. The Morgan fingerprint density at radius 3 is 2.79 bits per heavy atom. The standard InChI is InChI=1S/C14H11N3O2/c18-9-11-5-3-7-17-13(15-16-14(11)17)8-10-4-1-2-6-12(10)19/h1-7,9,19H,8H2. The molecule has 19 heavy (non-hydrogen) atoms. The molecule has 94 valence electrons. The summed E-state index contributed by atoms with van der Waals surface area (Å²) in [6, 6.07) is 10.6. The quantitative estimate of drug-likeness (QED) is 0.723. The first kappa shape index (κ1) is 11.4. The van der Waals surface area contributed by atoms with Crippen LogP contribution < -0.4 is 0 Å². The van der Waals surface area contributed by atoms with Crippen molar-refractivity contribution in [2.75, 3.05) is 0 Å². The number of phenolic OH excluding ortho intramolecular Hbond substituents is 1. The highest BCUT2D eigenvalue weighted by Gasteiger charge is 2.10. The molecule has 0 amide bonds. The van der Waals surface area contributed by atoms with Crippen LogP contribution in [0.3, 0.4) is 0 Å². The summed E-state index contributed by atoms with van der Waals surface area (Å²) in [5.74, 6) is 0.908. The van der Waals surface area contributed by atoms with Gasteiger partial charge in [-0.05, 0) is 18.2 Å². The number of hydrogen-bond donors (Lipinski definition) is 1. The zero-order valence-electron chi connectivity index (χ0n) is 10.0. The zero-order chi connectivity index (χ0) is 13.2. The molecular weight excluding hydrogens is 242 g/mol. The van der Waals surface area contributed by atoms with E-state index in [0.717, 1.165) is 11.8 Å². The van der Waals surface area contributed by atoms with Gasteiger partial charge in [-0.25, -0.2) is 0 Å². The molecule has 1 N–H and O–H groups in total. The van der Waals surface area contributed by atoms with Crippen LogP contribution in [0, 0.1) is 0 Å². The number of para-hydroxylation sites is 1. The first-order valence-corrected chi connectivity index (χ1v) is 5.84. The molecule has 0 aliphatic carbocycles. The van der Waals surface area contributed by atoms with Gasteiger partial charge in [-0.2, -0.15) is 0 Å². The van der Waals surface area contributed by atoms with Crippen LogP contribution in [0.15, 0.2) is 42.6 Å². The Balaban J connectivity index is 2.07. The van der Waals surface area contributed by atoms with E-state index in [1.54, 1.807) is 34.9 Å². The minimum atomic E-state index is 0.228. The fraction of sp³-hybridized carbons (Fsp3) is 0.0714. The average molecular weight is 253 g/mol. The van der Waals surface area contributed by atoms with Gasteiger partial charge in [-0.3, -0.25) is 9.20 Å². The Kier molecular flexibility index (Phi) is 2.72. The normalized spacial score (nSPS) is 10.7. The molecular formula is C14H11N3O2. The summed E-state index contributed by atoms with van der Waals surface area (Å²) in [6.45, 7) is 0. The van der Waals surface area contributed by atoms with Gasteiger partial charge in [0.1, 0.15) is 11.6 Å². The molecule has 0 aliphatic rings. The van der Waals surface area contributed by atoms with Crippen molar-refractivity contribution < 1.29 is 9.90 Å². The molecule has 0 fully saturated rings. The number of hydrogen-bond acceptors (Lipinski definition) is 4. The summed E-state index contributed by atoms with van der Waals surface area (Å²) in [5, 5.41) is 17.9. The van der Waals surface area contributed by atoms with Gasteiger partial charge < -0.3 is 5.11 Å². The Labute approximate surface area is 109 Å². The fourth-order valence-corrected chi connectivity index (χ4v) is 2.03. The molecule has 2 aromatic heterocycles. The third-order valence-electron chi connectivity index (χ3n) is 3.00. The number of benzene rings is 1. The highest BCUT2D eigenvalue weighted by molar-refractivity contribution is 5.83. The van der Waals surface area contributed by atoms with Gasteiger partial charge >= 0.3 is 0 Å². The van der Waals surface area contributed by atoms with Gasteiger partial charge in [0, 0.05) is 18.2 Å². The molecule has 0 unspecified atom stereocenters. The number of carbonyl (C=O) groups is 1. The van der Waals surface area contributed by atoms with Crippen molar-refractivity contribution in [2.45, 2.75) is 6.42 Å². The number of aromatic nitrogens is 3. The van der Waals surface area contributed by atoms with E-state index in [4.69, 9.17) is 0 Å². The number of phenols is 1. The lowest BCUT2D eigenvalue weighted by Crippen LogP contribution is -1.97. The van der Waals surface area contributed by atoms with Crippen molar-refractivity contribution >= 4 is 11.9 Å². The number of aromatic hydroxyl groups is 1. The van der Waals surface area contributed by atoms with Crippen molar-refractivity contribution in [3.63, 3.8) is 0 Å². The molecule has 5 nitrogen and oxygen atoms in total. The van der Waals surface area contributed by atoms with Gasteiger partial charge in [0.2, 0.25) is 0 Å². The van der Waals surface area contributed by atoms with Crippen LogP contribution in [-0.4, -0.2) is 26.0 Å². The summed E-state index contributed by atoms with van der Waals surface area (Å²) < 4.78 is 1.76. The van der Waals surface area contributed by atoms with Crippen LogP contribution in [-0.2, 0) is 6.42 Å². The number of pyridine rings is 1. The Hall–Kier alpha value is -2.69. The Morgan fingerprint density at radius 2 is 2.00 bits per heavy atom. The molecule has 0 radical (unpaired) electrons. The fourth-order valence-electron chi connectivity index (χ4n) is 2.03. The van der Waals surface area contributed by atoms with Crippen LogP contribution in [0.1, 0.15) is 21.7 Å². The average Bonchev–Trinajstić information content (AvgIpc) is 2.84. The molecule has 0 saturated carbocycles. The lowest BCUT2D eigenvalue weighted by atomic mass is 10.1. The molecule has 3 rings (SSSR count). The summed E-state index contributed by atoms with van der Waals surface area (Å²) in [6.07, 6.45) is 3.02. The molecule has 3 aromatic rings. The van der Waals surface area contributed by atoms with E-state index in [2.05, 4.69) is 10.2 Å². The monoisotopic (exact) mass is 253 g/mol. The second-order valence-corrected chi connectivity index (χ2v) is 4.20. The van der Waals surface area contributed by atoms with Gasteiger partial charge in [-0.1, -0.05) is 18.2 Å². The van der Waals surface area contributed by atoms with Gasteiger partial charge in [0.15, 0.2) is 11.9 Å². The number of nitrogens with zero attached hydrogens (tertiary/aromatic N) is 3. The topological polar surface area (TPSA) is 67.5 Å². The maximum Gasteiger partial charge on any atom is 0.171 e. The van der Waals surface area contributed by atoms with Gasteiger partial charge in [0.25, 0.3) is 0 Å². The molecule has 5 heteroatoms. The van der Waals surface area contributed by atoms with E-state index < -0.39 is 0 Å². The predicted octanol–water partition coefficient (Wildman–Crippen LogP) is 1.84. The van der Waals surface area contributed by atoms with Crippen LogP contribution in [0.2, 0.25) is 0 Å². The molecule has 0 spiro atoms. The lowest BCUT2D eigenvalue weighted by molar-refractivity contribution is 0.112. The number of fused-ring (bicyclic) bond motifs is 1. The van der Waals surface area contributed by atoms with E-state index in [-0.39, 0.29) is 5.75 Å². The molecule has 0 saturated heterocycles. The van der Waals surface area contributed by atoms with E-state index in [9.17, 15) is 9.90 Å². The number of carbonyl (C=O) groups excluding carboxylic acids is 1. The van der Waals surface area contributed by atoms with E-state index in [0.29, 0.717) is 23.5 Å². The van der Waals surface area contributed by atoms with Crippen molar-refractivity contribution in [1.29, 1.82) is 0 Å². The number of rotatable bonds is 3. The molecule has 1 aromatic carbocycles.